The molecule has 0 saturated heterocycles. The first-order valence-corrected chi connectivity index (χ1v) is 7.45. The number of nitrogens with zero attached hydrogens (tertiary/aromatic N) is 1. The third kappa shape index (κ3) is 5.60. The van der Waals surface area contributed by atoms with E-state index in [0.29, 0.717) is 36.6 Å². The van der Waals surface area contributed by atoms with Crippen LogP contribution in [0.4, 0.5) is 8.78 Å². The van der Waals surface area contributed by atoms with E-state index in [0.717, 1.165) is 4.90 Å². The zero-order valence-electron chi connectivity index (χ0n) is 13.8. The molecule has 1 aliphatic rings. The number of carbonyl (C=O) groups is 1. The number of alkyl halides is 2. The van der Waals surface area contributed by atoms with Crippen LogP contribution in [0.25, 0.3) is 5.70 Å². The zero-order chi connectivity index (χ0) is 16.8. The molecule has 0 fully saturated rings. The van der Waals surface area contributed by atoms with Crippen molar-refractivity contribution in [1.82, 2.24) is 4.90 Å². The Balaban J connectivity index is 0.00000288. The van der Waals surface area contributed by atoms with E-state index in [9.17, 15) is 13.6 Å². The molecule has 0 saturated carbocycles. The predicted octanol–water partition coefficient (Wildman–Crippen LogP) is 2.99. The van der Waals surface area contributed by atoms with E-state index >= 15 is 0 Å². The van der Waals surface area contributed by atoms with Gasteiger partial charge >= 0.3 is 0 Å². The average Bonchev–Trinajstić information content (AvgIpc) is 2.53. The van der Waals surface area contributed by atoms with Crippen LogP contribution >= 0.6 is 0 Å². The van der Waals surface area contributed by atoms with Gasteiger partial charge in [0.15, 0.2) is 0 Å². The van der Waals surface area contributed by atoms with Gasteiger partial charge in [0.1, 0.15) is 12.4 Å². The largest absolute Gasteiger partial charge is 0.491 e. The Morgan fingerprint density at radius 3 is 2.54 bits per heavy atom. The van der Waals surface area contributed by atoms with Gasteiger partial charge in [-0.3, -0.25) is 4.79 Å². The van der Waals surface area contributed by atoms with Crippen LogP contribution < -0.4 is 4.74 Å². The maximum Gasteiger partial charge on any atom is 0.256 e. The van der Waals surface area contributed by atoms with Crippen LogP contribution in [0, 0.1) is 12.0 Å². The molecule has 2 rings (SSSR count). The number of amides is 1. The molecule has 1 amide bonds. The monoisotopic (exact) mass is 413 g/mol. The molecule has 129 valence electrons. The Hall–Kier alpha value is -0.846. The van der Waals surface area contributed by atoms with Crippen molar-refractivity contribution in [2.45, 2.75) is 19.8 Å². The van der Waals surface area contributed by atoms with Gasteiger partial charge in [-0.15, -0.1) is 17.8 Å². The van der Waals surface area contributed by atoms with Gasteiger partial charge in [0.25, 0.3) is 6.43 Å². The van der Waals surface area contributed by atoms with Crippen LogP contribution in [0.15, 0.2) is 24.3 Å². The predicted molar refractivity (Wildman–Crippen MR) is 82.0 cm³/mol. The molecule has 0 aromatic heterocycles. The minimum atomic E-state index is -2.59. The summed E-state index contributed by atoms with van der Waals surface area (Å²) >= 11 is 0. The molecule has 1 atom stereocenters. The van der Waals surface area contributed by atoms with Crippen LogP contribution in [0.1, 0.15) is 18.9 Å². The van der Waals surface area contributed by atoms with Crippen molar-refractivity contribution in [3.63, 3.8) is 0 Å². The summed E-state index contributed by atoms with van der Waals surface area (Å²) in [7, 11) is 1.59. The first kappa shape index (κ1) is 21.2. The van der Waals surface area contributed by atoms with E-state index in [4.69, 9.17) is 9.47 Å². The van der Waals surface area contributed by atoms with Crippen LogP contribution in [-0.4, -0.2) is 44.1 Å². The van der Waals surface area contributed by atoms with Crippen LogP contribution in [0.3, 0.4) is 0 Å². The SMILES string of the molecule is COCCOc1ccc(C2=[C-]CC(C)C(=O)N2CC(F)F)cc1.[Y]. The number of ether oxygens (including phenoxy) is 2. The maximum absolute atomic E-state index is 12.8. The summed E-state index contributed by atoms with van der Waals surface area (Å²) in [6.07, 6.45) is 0.915. The molecule has 1 aromatic rings. The van der Waals surface area contributed by atoms with Gasteiger partial charge in [-0.1, -0.05) is 13.3 Å². The third-order valence-corrected chi connectivity index (χ3v) is 3.54. The fourth-order valence-electron chi connectivity index (χ4n) is 2.34. The van der Waals surface area contributed by atoms with Crippen molar-refractivity contribution >= 4 is 11.6 Å². The Bertz CT molecular complexity index is 563. The molecule has 0 spiro atoms. The molecule has 7 heteroatoms. The third-order valence-electron chi connectivity index (χ3n) is 3.54. The van der Waals surface area contributed by atoms with E-state index in [1.165, 1.54) is 0 Å². The Morgan fingerprint density at radius 1 is 1.29 bits per heavy atom. The second-order valence-electron chi connectivity index (χ2n) is 5.34. The van der Waals surface area contributed by atoms with Crippen LogP contribution in [-0.2, 0) is 42.2 Å². The van der Waals surface area contributed by atoms with E-state index in [1.807, 2.05) is 0 Å². The number of hydrogen-bond donors (Lipinski definition) is 0. The molecule has 24 heavy (non-hydrogen) atoms. The molecule has 1 unspecified atom stereocenters. The van der Waals surface area contributed by atoms with E-state index in [1.54, 1.807) is 38.3 Å². The van der Waals surface area contributed by atoms with Gasteiger partial charge in [0.05, 0.1) is 13.2 Å². The van der Waals surface area contributed by atoms with Crippen molar-refractivity contribution in [2.24, 2.45) is 5.92 Å². The fourth-order valence-corrected chi connectivity index (χ4v) is 2.34. The first-order valence-electron chi connectivity index (χ1n) is 7.45. The maximum atomic E-state index is 12.8. The van der Waals surface area contributed by atoms with Gasteiger partial charge in [-0.2, -0.15) is 5.56 Å². The molecule has 0 aliphatic carbocycles. The fraction of sp³-hybridized carbons (Fsp3) is 0.471. The molecule has 1 aromatic carbocycles. The normalized spacial score (nSPS) is 17.5. The van der Waals surface area contributed by atoms with Gasteiger partial charge in [-0.05, 0) is 12.1 Å². The number of halogens is 2. The summed E-state index contributed by atoms with van der Waals surface area (Å²) in [6.45, 7) is 2.02. The quantitative estimate of drug-likeness (QED) is 0.510. The van der Waals surface area contributed by atoms with E-state index in [2.05, 4.69) is 6.08 Å². The topological polar surface area (TPSA) is 38.8 Å². The van der Waals surface area contributed by atoms with Crippen LogP contribution in [0.2, 0.25) is 0 Å². The smallest absolute Gasteiger partial charge is 0.256 e. The van der Waals surface area contributed by atoms with Gasteiger partial charge < -0.3 is 14.4 Å². The molecule has 0 N–H and O–H groups in total. The average molecular weight is 413 g/mol. The van der Waals surface area contributed by atoms with Crippen LogP contribution in [0.5, 0.6) is 5.75 Å². The Morgan fingerprint density at radius 2 is 1.96 bits per heavy atom. The number of allylic oxidation sites excluding steroid dienone is 1. The number of methoxy groups -OCH3 is 1. The zero-order valence-corrected chi connectivity index (χ0v) is 16.6. The van der Waals surface area contributed by atoms with Crippen molar-refractivity contribution < 1.29 is 55.8 Å². The minimum Gasteiger partial charge on any atom is -0.491 e. The van der Waals surface area contributed by atoms with E-state index in [-0.39, 0.29) is 44.5 Å². The second kappa shape index (κ2) is 10.2. The standard InChI is InChI=1S/C17H20F2NO3.Y/c1-12-3-8-15(20(17(12)21)11-16(18)19)13-4-6-14(7-5-13)23-10-9-22-2;/h4-7,12,16H,3,9-11H2,1-2H3;/q-1;. The second-order valence-corrected chi connectivity index (χ2v) is 5.34. The molecule has 1 heterocycles. The Kier molecular flexibility index (Phi) is 9.02. The molecule has 1 aliphatic heterocycles. The summed E-state index contributed by atoms with van der Waals surface area (Å²) in [5, 5.41) is 0. The number of benzene rings is 1. The Labute approximate surface area is 166 Å². The molecular formula is C17H20F2NO3Y-. The number of hydrogen-bond acceptors (Lipinski definition) is 3. The summed E-state index contributed by atoms with van der Waals surface area (Å²) in [4.78, 5) is 13.3. The van der Waals surface area contributed by atoms with Gasteiger partial charge in [0, 0.05) is 45.7 Å². The summed E-state index contributed by atoms with van der Waals surface area (Å²) < 4.78 is 35.9. The first-order chi connectivity index (χ1) is 11.0. The number of carbonyl (C=O) groups excluding carboxylic acids is 1. The molecule has 4 nitrogen and oxygen atoms in total. The molecular weight excluding hydrogens is 393 g/mol. The number of rotatable bonds is 7. The molecule has 1 radical (unpaired) electrons. The van der Waals surface area contributed by atoms with Gasteiger partial charge in [0.2, 0.25) is 5.91 Å². The summed E-state index contributed by atoms with van der Waals surface area (Å²) in [5.41, 5.74) is 1.09. The van der Waals surface area contributed by atoms with Gasteiger partial charge in [-0.25, -0.2) is 14.9 Å². The van der Waals surface area contributed by atoms with E-state index < -0.39 is 13.0 Å². The van der Waals surface area contributed by atoms with Crippen molar-refractivity contribution in [3.05, 3.63) is 35.9 Å². The van der Waals surface area contributed by atoms with Crippen molar-refractivity contribution in [1.29, 1.82) is 0 Å². The summed E-state index contributed by atoms with van der Waals surface area (Å²) in [5.74, 6) is 0.0379. The van der Waals surface area contributed by atoms with Crippen molar-refractivity contribution in [2.75, 3.05) is 26.9 Å². The molecule has 0 bridgehead atoms. The summed E-state index contributed by atoms with van der Waals surface area (Å²) in [6, 6.07) is 6.96. The minimum absolute atomic E-state index is 0. The van der Waals surface area contributed by atoms with Crippen molar-refractivity contribution in [3.8, 4) is 5.75 Å².